The summed E-state index contributed by atoms with van der Waals surface area (Å²) >= 11 is 7.19. The quantitative estimate of drug-likeness (QED) is 0.325. The molecule has 0 bridgehead atoms. The Labute approximate surface area is 100 Å². The van der Waals surface area contributed by atoms with Gasteiger partial charge < -0.3 is 0 Å². The van der Waals surface area contributed by atoms with E-state index in [1.54, 1.807) is 11.8 Å². The summed E-state index contributed by atoms with van der Waals surface area (Å²) in [7, 11) is 0. The molecule has 0 atom stereocenters. The Morgan fingerprint density at radius 2 is 2.07 bits per heavy atom. The number of rotatable bonds is 6. The normalized spacial score (nSPS) is 10.3. The molecule has 0 heterocycles. The number of ketones is 1. The maximum atomic E-state index is 11.8. The predicted molar refractivity (Wildman–Crippen MR) is 67.1 cm³/mol. The minimum atomic E-state index is 0.227. The van der Waals surface area contributed by atoms with Crippen LogP contribution in [-0.4, -0.2) is 17.9 Å². The van der Waals surface area contributed by atoms with Gasteiger partial charge in [0.1, 0.15) is 0 Å². The van der Waals surface area contributed by atoms with Crippen LogP contribution in [0, 0.1) is 0 Å². The van der Waals surface area contributed by atoms with E-state index in [4.69, 9.17) is 11.6 Å². The highest BCUT2D eigenvalue weighted by molar-refractivity contribution is 7.98. The Bertz CT molecular complexity index is 325. The molecule has 1 aromatic rings. The lowest BCUT2D eigenvalue weighted by Crippen LogP contribution is -2.00. The maximum absolute atomic E-state index is 11.8. The minimum absolute atomic E-state index is 0.227. The zero-order valence-electron chi connectivity index (χ0n) is 8.83. The van der Waals surface area contributed by atoms with Crippen molar-refractivity contribution in [3.8, 4) is 0 Å². The first-order valence-electron chi connectivity index (χ1n) is 5.01. The zero-order chi connectivity index (χ0) is 11.1. The van der Waals surface area contributed by atoms with Gasteiger partial charge in [-0.2, -0.15) is 0 Å². The Morgan fingerprint density at radius 3 is 2.73 bits per heavy atom. The number of alkyl halides is 1. The molecule has 1 aromatic carbocycles. The smallest absolute Gasteiger partial charge is 0.163 e. The second-order valence-electron chi connectivity index (χ2n) is 3.27. The third-order valence-electron chi connectivity index (χ3n) is 2.19. The van der Waals surface area contributed by atoms with E-state index in [1.165, 1.54) is 0 Å². The fraction of sp³-hybridized carbons (Fsp3) is 0.417. The van der Waals surface area contributed by atoms with Crippen LogP contribution in [-0.2, 0) is 0 Å². The largest absolute Gasteiger partial charge is 0.294 e. The second kappa shape index (κ2) is 6.91. The third kappa shape index (κ3) is 3.88. The number of hydrogen-bond donors (Lipinski definition) is 0. The summed E-state index contributed by atoms with van der Waals surface area (Å²) in [5.74, 6) is 0.863. The molecule has 0 saturated heterocycles. The van der Waals surface area contributed by atoms with Crippen molar-refractivity contribution in [1.82, 2.24) is 0 Å². The molecule has 1 rings (SSSR count). The number of unbranched alkanes of at least 4 members (excludes halogenated alkanes) is 1. The summed E-state index contributed by atoms with van der Waals surface area (Å²) in [6.07, 6.45) is 4.38. The van der Waals surface area contributed by atoms with Crippen molar-refractivity contribution in [2.24, 2.45) is 0 Å². The summed E-state index contributed by atoms with van der Waals surface area (Å²) < 4.78 is 0. The van der Waals surface area contributed by atoms with Crippen molar-refractivity contribution in [1.29, 1.82) is 0 Å². The fourth-order valence-corrected chi connectivity index (χ4v) is 2.20. The third-order valence-corrected chi connectivity index (χ3v) is 3.26. The van der Waals surface area contributed by atoms with Gasteiger partial charge in [0.05, 0.1) is 0 Å². The fourth-order valence-electron chi connectivity index (χ4n) is 1.39. The molecule has 3 heteroatoms. The van der Waals surface area contributed by atoms with Gasteiger partial charge in [-0.25, -0.2) is 0 Å². The van der Waals surface area contributed by atoms with Crippen LogP contribution in [0.1, 0.15) is 29.6 Å². The molecular weight excluding hydrogens is 228 g/mol. The Hall–Kier alpha value is -0.470. The number of carbonyl (C=O) groups is 1. The minimum Gasteiger partial charge on any atom is -0.294 e. The lowest BCUT2D eigenvalue weighted by atomic mass is 10.1. The van der Waals surface area contributed by atoms with Gasteiger partial charge >= 0.3 is 0 Å². The molecule has 0 amide bonds. The van der Waals surface area contributed by atoms with Gasteiger partial charge in [-0.3, -0.25) is 4.79 Å². The highest BCUT2D eigenvalue weighted by Gasteiger charge is 2.09. The van der Waals surface area contributed by atoms with Gasteiger partial charge in [-0.05, 0) is 25.2 Å². The molecule has 0 unspecified atom stereocenters. The summed E-state index contributed by atoms with van der Waals surface area (Å²) in [5.41, 5.74) is 0.847. The van der Waals surface area contributed by atoms with Crippen LogP contribution in [0.5, 0.6) is 0 Å². The SMILES string of the molecule is CSc1ccccc1C(=O)CCCCCl. The summed E-state index contributed by atoms with van der Waals surface area (Å²) in [6, 6.07) is 7.75. The molecule has 0 radical (unpaired) electrons. The van der Waals surface area contributed by atoms with E-state index in [0.717, 1.165) is 23.3 Å². The topological polar surface area (TPSA) is 17.1 Å². The lowest BCUT2D eigenvalue weighted by Gasteiger charge is -2.05. The predicted octanol–water partition coefficient (Wildman–Crippen LogP) is 4.00. The molecule has 0 fully saturated rings. The van der Waals surface area contributed by atoms with Crippen LogP contribution in [0.15, 0.2) is 29.2 Å². The molecule has 82 valence electrons. The molecule has 0 aliphatic carbocycles. The second-order valence-corrected chi connectivity index (χ2v) is 4.50. The van der Waals surface area contributed by atoms with Crippen LogP contribution < -0.4 is 0 Å². The van der Waals surface area contributed by atoms with Gasteiger partial charge in [0.25, 0.3) is 0 Å². The highest BCUT2D eigenvalue weighted by Crippen LogP contribution is 2.21. The molecule has 0 spiro atoms. The van der Waals surface area contributed by atoms with E-state index < -0.39 is 0 Å². The van der Waals surface area contributed by atoms with Crippen molar-refractivity contribution in [3.63, 3.8) is 0 Å². The van der Waals surface area contributed by atoms with Crippen LogP contribution >= 0.6 is 23.4 Å². The average Bonchev–Trinajstić information content (AvgIpc) is 2.29. The van der Waals surface area contributed by atoms with E-state index in [2.05, 4.69) is 0 Å². The Morgan fingerprint density at radius 1 is 1.33 bits per heavy atom. The van der Waals surface area contributed by atoms with E-state index in [-0.39, 0.29) is 5.78 Å². The van der Waals surface area contributed by atoms with E-state index in [9.17, 15) is 4.79 Å². The zero-order valence-corrected chi connectivity index (χ0v) is 10.4. The van der Waals surface area contributed by atoms with Crippen LogP contribution in [0.3, 0.4) is 0 Å². The lowest BCUT2D eigenvalue weighted by molar-refractivity contribution is 0.0977. The number of halogens is 1. The first-order valence-corrected chi connectivity index (χ1v) is 6.77. The van der Waals surface area contributed by atoms with Crippen molar-refractivity contribution in [3.05, 3.63) is 29.8 Å². The molecule has 0 aliphatic heterocycles. The van der Waals surface area contributed by atoms with Gasteiger partial charge in [-0.15, -0.1) is 23.4 Å². The number of benzene rings is 1. The summed E-state index contributed by atoms with van der Waals surface area (Å²) in [6.45, 7) is 0. The summed E-state index contributed by atoms with van der Waals surface area (Å²) in [4.78, 5) is 12.9. The molecule has 0 saturated carbocycles. The molecule has 1 nitrogen and oxygen atoms in total. The maximum Gasteiger partial charge on any atom is 0.163 e. The Balaban J connectivity index is 2.64. The van der Waals surface area contributed by atoms with Crippen LogP contribution in [0.2, 0.25) is 0 Å². The van der Waals surface area contributed by atoms with Gasteiger partial charge in [0.2, 0.25) is 0 Å². The van der Waals surface area contributed by atoms with E-state index >= 15 is 0 Å². The van der Waals surface area contributed by atoms with Crippen LogP contribution in [0.4, 0.5) is 0 Å². The van der Waals surface area contributed by atoms with E-state index in [1.807, 2.05) is 30.5 Å². The average molecular weight is 243 g/mol. The Kier molecular flexibility index (Phi) is 5.81. The molecular formula is C12H15ClOS. The van der Waals surface area contributed by atoms with Gasteiger partial charge in [0, 0.05) is 22.8 Å². The van der Waals surface area contributed by atoms with Crippen molar-refractivity contribution in [2.45, 2.75) is 24.2 Å². The highest BCUT2D eigenvalue weighted by atomic mass is 35.5. The number of hydrogen-bond acceptors (Lipinski definition) is 2. The molecule has 0 N–H and O–H groups in total. The number of thioether (sulfide) groups is 1. The van der Waals surface area contributed by atoms with E-state index in [0.29, 0.717) is 12.3 Å². The van der Waals surface area contributed by atoms with Crippen molar-refractivity contribution in [2.75, 3.05) is 12.1 Å². The number of Topliss-reactive ketones (excluding diaryl/α,β-unsaturated/α-hetero) is 1. The van der Waals surface area contributed by atoms with Crippen molar-refractivity contribution >= 4 is 29.1 Å². The first-order chi connectivity index (χ1) is 7.29. The van der Waals surface area contributed by atoms with Gasteiger partial charge in [0.15, 0.2) is 5.78 Å². The van der Waals surface area contributed by atoms with Crippen molar-refractivity contribution < 1.29 is 4.79 Å². The standard InChI is InChI=1S/C12H15ClOS/c1-15-12-8-3-2-6-10(12)11(14)7-4-5-9-13/h2-3,6,8H,4-5,7,9H2,1H3. The summed E-state index contributed by atoms with van der Waals surface area (Å²) in [5, 5.41) is 0. The monoisotopic (exact) mass is 242 g/mol. The number of carbonyl (C=O) groups excluding carboxylic acids is 1. The van der Waals surface area contributed by atoms with Gasteiger partial charge in [-0.1, -0.05) is 18.2 Å². The molecule has 0 aromatic heterocycles. The molecule has 15 heavy (non-hydrogen) atoms. The first kappa shape index (κ1) is 12.6. The molecule has 0 aliphatic rings. The van der Waals surface area contributed by atoms with Crippen LogP contribution in [0.25, 0.3) is 0 Å².